The number of carbonyl (C=O) groups is 4. The van der Waals surface area contributed by atoms with Crippen LogP contribution >= 0.6 is 23.2 Å². The molecule has 6 atom stereocenters. The standard InChI is InChI=1S/C50H63Cl2N9O6/c1-26(2)40(57-48(64)66-8)46(62)59-24-10-12-36(59)44-53-32-20-18-30(38(51)42(32)55-44)34-22-23-35(61(34)29-16-14-28(15-17-29)50(5,6)7)31-19-21-33-43(39(31)52)56-45(54-33)37-13-11-25-60(37)47(63)41(27(3)4)58-49(65)67-9/h14-21,26-27,34-37,40-41H,10-13,22-25H2,1-9H3,(H,53,55)(H,54,56)(H,57,64)(H,58,65)/t34-,35-,36+,37+,40+,41?/m1/s1. The molecule has 5 aromatic rings. The second-order valence-corrected chi connectivity index (χ2v) is 20.6. The Kier molecular flexibility index (Phi) is 13.8. The lowest BCUT2D eigenvalue weighted by Crippen LogP contribution is -2.51. The number of hydrogen-bond donors (Lipinski definition) is 4. The molecule has 0 spiro atoms. The van der Waals surface area contributed by atoms with E-state index in [0.717, 1.165) is 53.5 Å². The second kappa shape index (κ2) is 19.2. The van der Waals surface area contributed by atoms with E-state index in [0.29, 0.717) is 58.7 Å². The Morgan fingerprint density at radius 2 is 1.06 bits per heavy atom. The van der Waals surface area contributed by atoms with Crippen molar-refractivity contribution in [1.29, 1.82) is 0 Å². The van der Waals surface area contributed by atoms with Gasteiger partial charge in [-0.25, -0.2) is 19.6 Å². The molecule has 3 aromatic carbocycles. The van der Waals surface area contributed by atoms with Gasteiger partial charge in [0.1, 0.15) is 34.8 Å². The van der Waals surface area contributed by atoms with Crippen LogP contribution in [0.15, 0.2) is 48.5 Å². The van der Waals surface area contributed by atoms with Crippen molar-refractivity contribution < 1.29 is 28.7 Å². The lowest BCUT2D eigenvalue weighted by atomic mass is 9.87. The van der Waals surface area contributed by atoms with E-state index in [1.54, 1.807) is 9.80 Å². The molecule has 3 fully saturated rings. The molecule has 0 bridgehead atoms. The van der Waals surface area contributed by atoms with Gasteiger partial charge in [0.2, 0.25) is 11.8 Å². The summed E-state index contributed by atoms with van der Waals surface area (Å²) in [5, 5.41) is 6.54. The van der Waals surface area contributed by atoms with Gasteiger partial charge < -0.3 is 44.8 Å². The second-order valence-electron chi connectivity index (χ2n) is 19.9. The molecule has 1 unspecified atom stereocenters. The van der Waals surface area contributed by atoms with Crippen LogP contribution in [-0.4, -0.2) is 93.1 Å². The number of likely N-dealkylation sites (tertiary alicyclic amines) is 2. The predicted octanol–water partition coefficient (Wildman–Crippen LogP) is 10.2. The van der Waals surface area contributed by atoms with Gasteiger partial charge in [-0.2, -0.15) is 0 Å². The van der Waals surface area contributed by atoms with Crippen molar-refractivity contribution in [3.05, 3.63) is 86.9 Å². The molecule has 4 N–H and O–H groups in total. The average Bonchev–Trinajstić information content (AvgIpc) is 4.15. The molecule has 358 valence electrons. The molecule has 5 heterocycles. The third kappa shape index (κ3) is 9.25. The maximum absolute atomic E-state index is 13.9. The molecule has 0 saturated carbocycles. The highest BCUT2D eigenvalue weighted by Gasteiger charge is 2.42. The molecule has 0 radical (unpaired) electrons. The van der Waals surface area contributed by atoms with Crippen LogP contribution in [0.4, 0.5) is 15.3 Å². The van der Waals surface area contributed by atoms with E-state index in [-0.39, 0.29) is 53.2 Å². The Hall–Kier alpha value is -5.54. The smallest absolute Gasteiger partial charge is 0.407 e. The average molecular weight is 957 g/mol. The zero-order valence-electron chi connectivity index (χ0n) is 39.8. The number of nitrogens with one attached hydrogen (secondary N) is 4. The molecular weight excluding hydrogens is 894 g/mol. The van der Waals surface area contributed by atoms with Gasteiger partial charge in [-0.3, -0.25) is 9.59 Å². The first-order chi connectivity index (χ1) is 31.9. The van der Waals surface area contributed by atoms with Gasteiger partial charge in [0.15, 0.2) is 0 Å². The topological polar surface area (TPSA) is 178 Å². The Morgan fingerprint density at radius 1 is 0.642 bits per heavy atom. The van der Waals surface area contributed by atoms with Crippen molar-refractivity contribution in [2.24, 2.45) is 11.8 Å². The maximum Gasteiger partial charge on any atom is 0.407 e. The first-order valence-corrected chi connectivity index (χ1v) is 24.2. The molecular formula is C50H63Cl2N9O6. The van der Waals surface area contributed by atoms with Crippen LogP contribution in [0.2, 0.25) is 10.0 Å². The number of hydrogen-bond acceptors (Lipinski definition) is 9. The predicted molar refractivity (Wildman–Crippen MR) is 260 cm³/mol. The van der Waals surface area contributed by atoms with Crippen molar-refractivity contribution in [3.8, 4) is 0 Å². The van der Waals surface area contributed by atoms with Gasteiger partial charge in [-0.15, -0.1) is 0 Å². The van der Waals surface area contributed by atoms with Crippen LogP contribution in [0, 0.1) is 11.8 Å². The summed E-state index contributed by atoms with van der Waals surface area (Å²) >= 11 is 14.9. The first-order valence-electron chi connectivity index (χ1n) is 23.5. The zero-order chi connectivity index (χ0) is 48.1. The van der Waals surface area contributed by atoms with Gasteiger partial charge in [0.25, 0.3) is 0 Å². The third-order valence-electron chi connectivity index (χ3n) is 13.9. The molecule has 17 heteroatoms. The molecule has 15 nitrogen and oxygen atoms in total. The van der Waals surface area contributed by atoms with E-state index in [2.05, 4.69) is 82.7 Å². The fourth-order valence-corrected chi connectivity index (χ4v) is 11.0. The fraction of sp³-hybridized carbons (Fsp3) is 0.520. The zero-order valence-corrected chi connectivity index (χ0v) is 41.3. The Labute approximate surface area is 402 Å². The van der Waals surface area contributed by atoms with Gasteiger partial charge in [0.05, 0.1) is 59.5 Å². The summed E-state index contributed by atoms with van der Waals surface area (Å²) in [5.74, 6) is 0.645. The van der Waals surface area contributed by atoms with E-state index >= 15 is 0 Å². The summed E-state index contributed by atoms with van der Waals surface area (Å²) < 4.78 is 9.66. The van der Waals surface area contributed by atoms with Gasteiger partial charge in [-0.05, 0) is 96.7 Å². The Bertz CT molecular complexity index is 2510. The van der Waals surface area contributed by atoms with Crippen LogP contribution in [0.1, 0.15) is 139 Å². The van der Waals surface area contributed by atoms with Gasteiger partial charge >= 0.3 is 12.2 Å². The van der Waals surface area contributed by atoms with E-state index in [1.165, 1.54) is 19.8 Å². The van der Waals surface area contributed by atoms with Crippen molar-refractivity contribution in [3.63, 3.8) is 0 Å². The number of methoxy groups -OCH3 is 2. The van der Waals surface area contributed by atoms with Crippen molar-refractivity contribution >= 4 is 75.0 Å². The highest BCUT2D eigenvalue weighted by Crippen LogP contribution is 2.51. The van der Waals surface area contributed by atoms with E-state index in [9.17, 15) is 19.2 Å². The number of anilines is 1. The number of aromatic nitrogens is 4. The Balaban J connectivity index is 1.12. The SMILES string of the molecule is COC(=O)NC(C(=O)N1CCC[C@H]1c1nc2c(Cl)c([C@H]3CC[C@H](c4ccc5[nH]c([C@@H]6CCCN6C(=O)[C@@H](NC(=O)OC)C(C)C)nc5c4Cl)N3c3ccc(C(C)(C)C)cc3)ccc2[nH]1)C(C)C. The van der Waals surface area contributed by atoms with E-state index < -0.39 is 24.3 Å². The van der Waals surface area contributed by atoms with Crippen LogP contribution in [-0.2, 0) is 24.5 Å². The number of fused-ring (bicyclic) bond motifs is 2. The largest absolute Gasteiger partial charge is 0.453 e. The number of rotatable bonds is 11. The fourth-order valence-electron chi connectivity index (χ4n) is 10.3. The van der Waals surface area contributed by atoms with Crippen LogP contribution < -0.4 is 15.5 Å². The quantitative estimate of drug-likeness (QED) is 0.100. The lowest BCUT2D eigenvalue weighted by molar-refractivity contribution is -0.136. The normalized spacial score (nSPS) is 20.9. The molecule has 8 rings (SSSR count). The molecule has 2 aromatic heterocycles. The molecule has 3 aliphatic rings. The maximum atomic E-state index is 13.9. The number of alkyl carbamates (subject to hydrolysis) is 2. The van der Waals surface area contributed by atoms with E-state index in [4.69, 9.17) is 42.6 Å². The summed E-state index contributed by atoms with van der Waals surface area (Å²) in [6.07, 6.45) is 3.28. The Morgan fingerprint density at radius 3 is 1.43 bits per heavy atom. The van der Waals surface area contributed by atoms with Crippen molar-refractivity contribution in [1.82, 2.24) is 40.4 Å². The highest BCUT2D eigenvalue weighted by atomic mass is 35.5. The monoisotopic (exact) mass is 955 g/mol. The number of aromatic amines is 2. The van der Waals surface area contributed by atoms with Crippen molar-refractivity contribution in [2.45, 2.75) is 129 Å². The minimum absolute atomic E-state index is 0.0412. The summed E-state index contributed by atoms with van der Waals surface area (Å²) in [7, 11) is 2.57. The summed E-state index contributed by atoms with van der Waals surface area (Å²) in [5.41, 5.74) is 6.89. The number of ether oxygens (including phenoxy) is 2. The van der Waals surface area contributed by atoms with Crippen molar-refractivity contribution in [2.75, 3.05) is 32.2 Å². The summed E-state index contributed by atoms with van der Waals surface area (Å²) in [4.78, 5) is 75.5. The minimum Gasteiger partial charge on any atom is -0.453 e. The molecule has 0 aliphatic carbocycles. The number of imidazole rings is 2. The molecule has 3 aliphatic heterocycles. The van der Waals surface area contributed by atoms with Crippen LogP contribution in [0.3, 0.4) is 0 Å². The minimum atomic E-state index is -0.746. The third-order valence-corrected chi connectivity index (χ3v) is 14.7. The summed E-state index contributed by atoms with van der Waals surface area (Å²) in [6, 6.07) is 14.5. The van der Waals surface area contributed by atoms with E-state index in [1.807, 2.05) is 39.8 Å². The number of H-pyrrole nitrogens is 2. The van der Waals surface area contributed by atoms with Gasteiger partial charge in [0, 0.05) is 18.8 Å². The highest BCUT2D eigenvalue weighted by molar-refractivity contribution is 6.36. The molecule has 67 heavy (non-hydrogen) atoms. The van der Waals surface area contributed by atoms with Crippen LogP contribution in [0.5, 0.6) is 0 Å². The lowest BCUT2D eigenvalue weighted by Gasteiger charge is -2.34. The molecule has 4 amide bonds. The van der Waals surface area contributed by atoms with Crippen LogP contribution in [0.25, 0.3) is 22.1 Å². The van der Waals surface area contributed by atoms with Gasteiger partial charge in [-0.1, -0.05) is 95.9 Å². The first kappa shape index (κ1) is 47.9. The number of benzene rings is 3. The molecule has 3 saturated heterocycles. The summed E-state index contributed by atoms with van der Waals surface area (Å²) in [6.45, 7) is 15.3. The number of carbonyl (C=O) groups excluding carboxylic acids is 4. The number of halogens is 2. The number of nitrogens with zero attached hydrogens (tertiary/aromatic N) is 5. The number of amides is 4.